The van der Waals surface area contributed by atoms with Gasteiger partial charge in [-0.3, -0.25) is 14.4 Å². The minimum atomic E-state index is -0.199. The molecule has 0 aliphatic carbocycles. The SMILES string of the molecule is CCCC(=O)N1CCC(C(=O)N(C)CC(=O)Nc2cccc(C)c2C)CC1. The lowest BCUT2D eigenvalue weighted by Gasteiger charge is -2.33. The van der Waals surface area contributed by atoms with Gasteiger partial charge in [-0.2, -0.15) is 0 Å². The van der Waals surface area contributed by atoms with Crippen molar-refractivity contribution in [3.63, 3.8) is 0 Å². The quantitative estimate of drug-likeness (QED) is 0.834. The molecule has 1 aliphatic heterocycles. The normalized spacial score (nSPS) is 14.7. The molecule has 0 spiro atoms. The van der Waals surface area contributed by atoms with Gasteiger partial charge in [-0.25, -0.2) is 0 Å². The molecule has 0 aromatic heterocycles. The van der Waals surface area contributed by atoms with Crippen molar-refractivity contribution >= 4 is 23.4 Å². The van der Waals surface area contributed by atoms with Crippen LogP contribution in [0.25, 0.3) is 0 Å². The van der Waals surface area contributed by atoms with Crippen LogP contribution < -0.4 is 5.32 Å². The van der Waals surface area contributed by atoms with Gasteiger partial charge in [-0.15, -0.1) is 0 Å². The Bertz CT molecular complexity index is 694. The second-order valence-corrected chi connectivity index (χ2v) is 7.40. The number of amides is 3. The van der Waals surface area contributed by atoms with Crippen LogP contribution in [0.2, 0.25) is 0 Å². The molecule has 0 radical (unpaired) electrons. The molecular formula is C21H31N3O3. The van der Waals surface area contributed by atoms with E-state index in [0.717, 1.165) is 23.2 Å². The predicted molar refractivity (Wildman–Crippen MR) is 106 cm³/mol. The summed E-state index contributed by atoms with van der Waals surface area (Å²) in [6, 6.07) is 5.77. The van der Waals surface area contributed by atoms with Gasteiger partial charge in [0.2, 0.25) is 17.7 Å². The van der Waals surface area contributed by atoms with Crippen LogP contribution in [0.4, 0.5) is 5.69 Å². The van der Waals surface area contributed by atoms with Crippen LogP contribution in [0, 0.1) is 19.8 Å². The van der Waals surface area contributed by atoms with Crippen LogP contribution in [0.3, 0.4) is 0 Å². The number of rotatable bonds is 6. The summed E-state index contributed by atoms with van der Waals surface area (Å²) in [7, 11) is 1.67. The van der Waals surface area contributed by atoms with Gasteiger partial charge in [0.25, 0.3) is 0 Å². The Morgan fingerprint density at radius 1 is 1.19 bits per heavy atom. The molecule has 2 rings (SSSR count). The van der Waals surface area contributed by atoms with E-state index in [1.807, 2.05) is 43.9 Å². The van der Waals surface area contributed by atoms with E-state index in [9.17, 15) is 14.4 Å². The number of carbonyl (C=O) groups is 3. The standard InChI is InChI=1S/C21H31N3O3/c1-5-7-20(26)24-12-10-17(11-13-24)21(27)23(4)14-19(25)22-18-9-6-8-15(2)16(18)3/h6,8-9,17H,5,7,10-14H2,1-4H3,(H,22,25). The summed E-state index contributed by atoms with van der Waals surface area (Å²) < 4.78 is 0. The summed E-state index contributed by atoms with van der Waals surface area (Å²) in [4.78, 5) is 40.3. The molecule has 0 unspecified atom stereocenters. The molecule has 0 saturated carbocycles. The lowest BCUT2D eigenvalue weighted by atomic mass is 9.95. The average Bonchev–Trinajstić information content (AvgIpc) is 2.65. The van der Waals surface area contributed by atoms with Crippen LogP contribution in [0.15, 0.2) is 18.2 Å². The molecule has 1 saturated heterocycles. The van der Waals surface area contributed by atoms with Crippen molar-refractivity contribution in [2.24, 2.45) is 5.92 Å². The van der Waals surface area contributed by atoms with E-state index in [1.54, 1.807) is 7.05 Å². The van der Waals surface area contributed by atoms with Gasteiger partial charge in [0.05, 0.1) is 6.54 Å². The van der Waals surface area contributed by atoms with E-state index < -0.39 is 0 Å². The first-order chi connectivity index (χ1) is 12.8. The number of likely N-dealkylation sites (tertiary alicyclic amines) is 1. The maximum absolute atomic E-state index is 12.7. The molecule has 27 heavy (non-hydrogen) atoms. The number of nitrogens with one attached hydrogen (secondary N) is 1. The molecular weight excluding hydrogens is 342 g/mol. The molecule has 1 aliphatic rings. The average molecular weight is 373 g/mol. The Balaban J connectivity index is 1.84. The van der Waals surface area contributed by atoms with Crippen LogP contribution >= 0.6 is 0 Å². The molecule has 1 N–H and O–H groups in total. The molecule has 1 fully saturated rings. The molecule has 1 heterocycles. The fraction of sp³-hybridized carbons (Fsp3) is 0.571. The lowest BCUT2D eigenvalue weighted by Crippen LogP contribution is -2.45. The third-order valence-corrected chi connectivity index (χ3v) is 5.30. The maximum atomic E-state index is 12.7. The van der Waals surface area contributed by atoms with Crippen molar-refractivity contribution in [2.45, 2.75) is 46.5 Å². The highest BCUT2D eigenvalue weighted by Gasteiger charge is 2.29. The highest BCUT2D eigenvalue weighted by atomic mass is 16.2. The first kappa shape index (κ1) is 20.9. The van der Waals surface area contributed by atoms with Gasteiger partial charge in [-0.05, 0) is 50.3 Å². The number of carbonyl (C=O) groups excluding carboxylic acids is 3. The van der Waals surface area contributed by atoms with Gasteiger partial charge >= 0.3 is 0 Å². The smallest absolute Gasteiger partial charge is 0.243 e. The zero-order valence-corrected chi connectivity index (χ0v) is 16.9. The molecule has 0 atom stereocenters. The zero-order chi connectivity index (χ0) is 20.0. The second-order valence-electron chi connectivity index (χ2n) is 7.40. The van der Waals surface area contributed by atoms with Crippen LogP contribution in [-0.4, -0.2) is 54.2 Å². The van der Waals surface area contributed by atoms with E-state index in [1.165, 1.54) is 4.90 Å². The molecule has 6 heteroatoms. The number of piperidine rings is 1. The fourth-order valence-corrected chi connectivity index (χ4v) is 3.43. The van der Waals surface area contributed by atoms with Gasteiger partial charge in [0.1, 0.15) is 0 Å². The van der Waals surface area contributed by atoms with E-state index in [4.69, 9.17) is 0 Å². The Morgan fingerprint density at radius 2 is 1.85 bits per heavy atom. The number of nitrogens with zero attached hydrogens (tertiary/aromatic N) is 2. The first-order valence-electron chi connectivity index (χ1n) is 9.72. The first-order valence-corrected chi connectivity index (χ1v) is 9.72. The predicted octanol–water partition coefficient (Wildman–Crippen LogP) is 2.74. The van der Waals surface area contributed by atoms with Crippen molar-refractivity contribution in [3.05, 3.63) is 29.3 Å². The largest absolute Gasteiger partial charge is 0.343 e. The van der Waals surface area contributed by atoms with Crippen LogP contribution in [0.1, 0.15) is 43.7 Å². The van der Waals surface area contributed by atoms with E-state index >= 15 is 0 Å². The minimum Gasteiger partial charge on any atom is -0.343 e. The lowest BCUT2D eigenvalue weighted by molar-refractivity contribution is -0.141. The number of aryl methyl sites for hydroxylation is 1. The number of likely N-dealkylation sites (N-methyl/N-ethyl adjacent to an activating group) is 1. The van der Waals surface area contributed by atoms with Gasteiger partial charge < -0.3 is 15.1 Å². The third-order valence-electron chi connectivity index (χ3n) is 5.30. The summed E-state index contributed by atoms with van der Waals surface area (Å²) in [5.74, 6) is -0.164. The summed E-state index contributed by atoms with van der Waals surface area (Å²) in [5, 5.41) is 2.89. The number of anilines is 1. The van der Waals surface area contributed by atoms with Crippen molar-refractivity contribution in [2.75, 3.05) is 32.0 Å². The van der Waals surface area contributed by atoms with Gasteiger partial charge in [0, 0.05) is 38.2 Å². The minimum absolute atomic E-state index is 0.0197. The van der Waals surface area contributed by atoms with Gasteiger partial charge in [-0.1, -0.05) is 19.1 Å². The van der Waals surface area contributed by atoms with Crippen molar-refractivity contribution in [1.82, 2.24) is 9.80 Å². The Hall–Kier alpha value is -2.37. The number of benzene rings is 1. The molecule has 1 aromatic rings. The molecule has 3 amide bonds. The Labute approximate surface area is 161 Å². The highest BCUT2D eigenvalue weighted by Crippen LogP contribution is 2.21. The third kappa shape index (κ3) is 5.55. The fourth-order valence-electron chi connectivity index (χ4n) is 3.43. The van der Waals surface area contributed by atoms with Crippen molar-refractivity contribution in [3.8, 4) is 0 Å². The number of hydrogen-bond acceptors (Lipinski definition) is 3. The summed E-state index contributed by atoms with van der Waals surface area (Å²) in [6.07, 6.45) is 2.74. The summed E-state index contributed by atoms with van der Waals surface area (Å²) in [5.41, 5.74) is 2.93. The highest BCUT2D eigenvalue weighted by molar-refractivity contribution is 5.95. The Kier molecular flexibility index (Phi) is 7.39. The van der Waals surface area contributed by atoms with Gasteiger partial charge in [0.15, 0.2) is 0 Å². The number of hydrogen-bond donors (Lipinski definition) is 1. The van der Waals surface area contributed by atoms with E-state index in [-0.39, 0.29) is 30.2 Å². The monoisotopic (exact) mass is 373 g/mol. The zero-order valence-electron chi connectivity index (χ0n) is 16.9. The summed E-state index contributed by atoms with van der Waals surface area (Å²) >= 11 is 0. The molecule has 1 aromatic carbocycles. The molecule has 0 bridgehead atoms. The van der Waals surface area contributed by atoms with E-state index in [0.29, 0.717) is 32.4 Å². The van der Waals surface area contributed by atoms with E-state index in [2.05, 4.69) is 5.32 Å². The Morgan fingerprint density at radius 3 is 2.48 bits per heavy atom. The summed E-state index contributed by atoms with van der Waals surface area (Å²) in [6.45, 7) is 7.23. The van der Waals surface area contributed by atoms with Crippen LogP contribution in [-0.2, 0) is 14.4 Å². The molecule has 6 nitrogen and oxygen atoms in total. The van der Waals surface area contributed by atoms with Crippen LogP contribution in [0.5, 0.6) is 0 Å². The topological polar surface area (TPSA) is 69.7 Å². The second kappa shape index (κ2) is 9.53. The maximum Gasteiger partial charge on any atom is 0.243 e. The van der Waals surface area contributed by atoms with Crippen molar-refractivity contribution in [1.29, 1.82) is 0 Å². The van der Waals surface area contributed by atoms with Crippen molar-refractivity contribution < 1.29 is 14.4 Å². The molecule has 148 valence electrons.